The Hall–Kier alpha value is -2.20. The highest BCUT2D eigenvalue weighted by atomic mass is 15.4. The maximum Gasteiger partial charge on any atom is 0.0978 e. The third kappa shape index (κ3) is 3.13. The SMILES string of the molecule is Nc1cc(N)cc(-c2ccc(N3CC3NC3CCCC3)cc2)c1. The van der Waals surface area contributed by atoms with Crippen molar-refractivity contribution in [3.8, 4) is 11.1 Å². The second-order valence-electron chi connectivity index (χ2n) is 6.75. The second-order valence-corrected chi connectivity index (χ2v) is 6.75. The Morgan fingerprint density at radius 1 is 0.870 bits per heavy atom. The molecule has 1 heterocycles. The number of hydrogen-bond acceptors (Lipinski definition) is 4. The molecule has 0 bridgehead atoms. The number of benzene rings is 2. The Balaban J connectivity index is 1.44. The predicted octanol–water partition coefficient (Wildman–Crippen LogP) is 3.20. The molecule has 4 heteroatoms. The first-order valence-corrected chi connectivity index (χ1v) is 8.48. The van der Waals surface area contributed by atoms with Crippen molar-refractivity contribution in [1.82, 2.24) is 5.32 Å². The van der Waals surface area contributed by atoms with E-state index in [2.05, 4.69) is 34.5 Å². The van der Waals surface area contributed by atoms with Crippen LogP contribution in [-0.4, -0.2) is 18.8 Å². The Labute approximate surface area is 137 Å². The van der Waals surface area contributed by atoms with Crippen LogP contribution in [0.3, 0.4) is 0 Å². The number of anilines is 3. The Bertz CT molecular complexity index is 669. The number of nitrogens with zero attached hydrogens (tertiary/aromatic N) is 1. The summed E-state index contributed by atoms with van der Waals surface area (Å²) in [6, 6.07) is 15.1. The van der Waals surface area contributed by atoms with E-state index in [4.69, 9.17) is 11.5 Å². The summed E-state index contributed by atoms with van der Waals surface area (Å²) in [5.74, 6) is 0. The van der Waals surface area contributed by atoms with Gasteiger partial charge in [-0.05, 0) is 54.3 Å². The fourth-order valence-electron chi connectivity index (χ4n) is 3.62. The number of nitrogens with two attached hydrogens (primary N) is 2. The van der Waals surface area contributed by atoms with Gasteiger partial charge >= 0.3 is 0 Å². The van der Waals surface area contributed by atoms with Crippen LogP contribution in [0.2, 0.25) is 0 Å². The van der Waals surface area contributed by atoms with Crippen LogP contribution in [0.4, 0.5) is 17.1 Å². The molecule has 2 aliphatic rings. The molecule has 1 saturated carbocycles. The Morgan fingerprint density at radius 3 is 2.17 bits per heavy atom. The minimum Gasteiger partial charge on any atom is -0.399 e. The van der Waals surface area contributed by atoms with Crippen LogP contribution in [0.1, 0.15) is 25.7 Å². The van der Waals surface area contributed by atoms with E-state index in [1.54, 1.807) is 6.07 Å². The van der Waals surface area contributed by atoms with E-state index in [0.29, 0.717) is 17.5 Å². The van der Waals surface area contributed by atoms with Crippen molar-refractivity contribution in [1.29, 1.82) is 0 Å². The average Bonchev–Trinajstić information content (AvgIpc) is 3.09. The summed E-state index contributed by atoms with van der Waals surface area (Å²) in [6.07, 6.45) is 5.94. The van der Waals surface area contributed by atoms with Crippen LogP contribution >= 0.6 is 0 Å². The highest BCUT2D eigenvalue weighted by Gasteiger charge is 2.36. The quantitative estimate of drug-likeness (QED) is 0.599. The molecule has 2 fully saturated rings. The van der Waals surface area contributed by atoms with E-state index in [9.17, 15) is 0 Å². The van der Waals surface area contributed by atoms with Crippen molar-refractivity contribution in [2.45, 2.75) is 37.9 Å². The third-order valence-electron chi connectivity index (χ3n) is 4.91. The third-order valence-corrected chi connectivity index (χ3v) is 4.91. The smallest absolute Gasteiger partial charge is 0.0978 e. The van der Waals surface area contributed by atoms with Crippen LogP contribution in [0.15, 0.2) is 42.5 Å². The summed E-state index contributed by atoms with van der Waals surface area (Å²) in [7, 11) is 0. The van der Waals surface area contributed by atoms with E-state index in [1.165, 1.54) is 31.4 Å². The maximum atomic E-state index is 5.88. The van der Waals surface area contributed by atoms with Crippen molar-refractivity contribution in [3.05, 3.63) is 42.5 Å². The standard InChI is InChI=1S/C19H24N4/c20-15-9-14(10-16(21)11-15)13-5-7-18(8-6-13)23-12-19(23)22-17-3-1-2-4-17/h5-11,17,19,22H,1-4,12,20-21H2. The average molecular weight is 308 g/mol. The highest BCUT2D eigenvalue weighted by Crippen LogP contribution is 2.31. The fourth-order valence-corrected chi connectivity index (χ4v) is 3.62. The van der Waals surface area contributed by atoms with Gasteiger partial charge in [0, 0.05) is 23.1 Å². The molecular formula is C19H24N4. The lowest BCUT2D eigenvalue weighted by Crippen LogP contribution is -2.31. The topological polar surface area (TPSA) is 67.1 Å². The first-order chi connectivity index (χ1) is 11.2. The van der Waals surface area contributed by atoms with Gasteiger partial charge in [-0.15, -0.1) is 0 Å². The first-order valence-electron chi connectivity index (χ1n) is 8.48. The molecular weight excluding hydrogens is 284 g/mol. The summed E-state index contributed by atoms with van der Waals surface area (Å²) >= 11 is 0. The second kappa shape index (κ2) is 5.78. The summed E-state index contributed by atoms with van der Waals surface area (Å²) in [5.41, 5.74) is 16.7. The molecule has 4 rings (SSSR count). The Morgan fingerprint density at radius 2 is 1.52 bits per heavy atom. The molecule has 5 N–H and O–H groups in total. The van der Waals surface area contributed by atoms with Gasteiger partial charge in [0.15, 0.2) is 0 Å². The molecule has 0 aromatic heterocycles. The van der Waals surface area contributed by atoms with Crippen molar-refractivity contribution >= 4 is 17.1 Å². The summed E-state index contributed by atoms with van der Waals surface area (Å²) in [6.45, 7) is 1.11. The Kier molecular flexibility index (Phi) is 3.62. The van der Waals surface area contributed by atoms with E-state index >= 15 is 0 Å². The lowest BCUT2D eigenvalue weighted by atomic mass is 10.0. The molecule has 1 aliphatic heterocycles. The molecule has 0 spiro atoms. The lowest BCUT2D eigenvalue weighted by Gasteiger charge is -2.13. The minimum atomic E-state index is 0.520. The molecule has 1 unspecified atom stereocenters. The largest absolute Gasteiger partial charge is 0.399 e. The van der Waals surface area contributed by atoms with Crippen molar-refractivity contribution < 1.29 is 0 Å². The van der Waals surface area contributed by atoms with E-state index in [0.717, 1.165) is 23.7 Å². The zero-order valence-corrected chi connectivity index (χ0v) is 13.3. The minimum absolute atomic E-state index is 0.520. The molecule has 23 heavy (non-hydrogen) atoms. The van der Waals surface area contributed by atoms with Crippen LogP contribution < -0.4 is 21.7 Å². The molecule has 120 valence electrons. The van der Waals surface area contributed by atoms with E-state index in [-0.39, 0.29) is 0 Å². The number of nitrogen functional groups attached to an aromatic ring is 2. The van der Waals surface area contributed by atoms with Crippen LogP contribution in [0, 0.1) is 0 Å². The summed E-state index contributed by atoms with van der Waals surface area (Å²) in [5, 5.41) is 3.76. The number of nitrogens with one attached hydrogen (secondary N) is 1. The van der Waals surface area contributed by atoms with E-state index < -0.39 is 0 Å². The van der Waals surface area contributed by atoms with Gasteiger partial charge in [0.05, 0.1) is 12.7 Å². The maximum absolute atomic E-state index is 5.88. The zero-order chi connectivity index (χ0) is 15.8. The van der Waals surface area contributed by atoms with Crippen LogP contribution in [0.25, 0.3) is 11.1 Å². The normalized spacial score (nSPS) is 20.9. The molecule has 4 nitrogen and oxygen atoms in total. The van der Waals surface area contributed by atoms with Gasteiger partial charge in [-0.2, -0.15) is 0 Å². The van der Waals surface area contributed by atoms with Crippen LogP contribution in [-0.2, 0) is 0 Å². The number of rotatable bonds is 4. The van der Waals surface area contributed by atoms with Crippen molar-refractivity contribution in [3.63, 3.8) is 0 Å². The first kappa shape index (κ1) is 14.4. The van der Waals surface area contributed by atoms with Gasteiger partial charge in [-0.3, -0.25) is 5.32 Å². The highest BCUT2D eigenvalue weighted by molar-refractivity contribution is 5.73. The van der Waals surface area contributed by atoms with Crippen molar-refractivity contribution in [2.24, 2.45) is 0 Å². The molecule has 1 atom stereocenters. The lowest BCUT2D eigenvalue weighted by molar-refractivity contribution is 0.524. The monoisotopic (exact) mass is 308 g/mol. The fraction of sp³-hybridized carbons (Fsp3) is 0.368. The molecule has 0 radical (unpaired) electrons. The number of hydrogen-bond donors (Lipinski definition) is 3. The molecule has 0 amide bonds. The zero-order valence-electron chi connectivity index (χ0n) is 13.3. The summed E-state index contributed by atoms with van der Waals surface area (Å²) < 4.78 is 0. The molecule has 1 aliphatic carbocycles. The van der Waals surface area contributed by atoms with Crippen molar-refractivity contribution in [2.75, 3.05) is 22.9 Å². The van der Waals surface area contributed by atoms with E-state index in [1.807, 2.05) is 12.1 Å². The van der Waals surface area contributed by atoms with Crippen LogP contribution in [0.5, 0.6) is 0 Å². The van der Waals surface area contributed by atoms with Gasteiger partial charge in [0.2, 0.25) is 0 Å². The summed E-state index contributed by atoms with van der Waals surface area (Å²) in [4.78, 5) is 2.41. The van der Waals surface area contributed by atoms with Gasteiger partial charge in [0.25, 0.3) is 0 Å². The van der Waals surface area contributed by atoms with Gasteiger partial charge in [0.1, 0.15) is 0 Å². The van der Waals surface area contributed by atoms with Gasteiger partial charge < -0.3 is 16.4 Å². The molecule has 1 saturated heterocycles. The molecule has 2 aromatic rings. The van der Waals surface area contributed by atoms with Gasteiger partial charge in [-0.25, -0.2) is 0 Å². The predicted molar refractivity (Wildman–Crippen MR) is 97.2 cm³/mol. The van der Waals surface area contributed by atoms with Gasteiger partial charge in [-0.1, -0.05) is 25.0 Å². The molecule has 2 aromatic carbocycles.